The fourth-order valence-electron chi connectivity index (χ4n) is 0.489. The van der Waals surface area contributed by atoms with Gasteiger partial charge in [-0.3, -0.25) is 0 Å². The van der Waals surface area contributed by atoms with Gasteiger partial charge in [-0.25, -0.2) is 0 Å². The van der Waals surface area contributed by atoms with Crippen LogP contribution >= 0.6 is 7.60 Å². The predicted molar refractivity (Wildman–Crippen MR) is 39.7 cm³/mol. The zero-order chi connectivity index (χ0) is 6.69. The van der Waals surface area contributed by atoms with Gasteiger partial charge in [0.1, 0.15) is 0 Å². The first-order valence-corrected chi connectivity index (χ1v) is 5.83. The third kappa shape index (κ3) is 1.81. The summed E-state index contributed by atoms with van der Waals surface area (Å²) in [6.07, 6.45) is 0. The van der Waals surface area contributed by atoms with Crippen LogP contribution in [-0.4, -0.2) is 25.4 Å². The maximum atomic E-state index is 10.3. The average Bonchev–Trinajstić information content (AvgIpc) is 1.90. The molecule has 1 aromatic heterocycles. The van der Waals surface area contributed by atoms with Crippen LogP contribution in [0.15, 0.2) is 17.7 Å². The summed E-state index contributed by atoms with van der Waals surface area (Å²) in [4.78, 5) is 10.3. The molecule has 0 radical (unpaired) electrons. The van der Waals surface area contributed by atoms with E-state index < -0.39 is 13.6 Å². The van der Waals surface area contributed by atoms with E-state index in [0.717, 1.165) is 7.60 Å². The molecule has 0 saturated carbocycles. The SMILES string of the molecule is O=C(O)[si]1cccbp1. The van der Waals surface area contributed by atoms with Crippen LogP contribution in [0.1, 0.15) is 0 Å². The van der Waals surface area contributed by atoms with Crippen molar-refractivity contribution >= 4 is 27.9 Å². The Hall–Kier alpha value is -0.338. The van der Waals surface area contributed by atoms with E-state index in [2.05, 4.69) is 0 Å². The van der Waals surface area contributed by atoms with Crippen molar-refractivity contribution in [3.05, 3.63) is 17.7 Å². The number of hydrogen-bond acceptors (Lipinski definition) is 1. The van der Waals surface area contributed by atoms with Gasteiger partial charge in [-0.2, -0.15) is 0 Å². The van der Waals surface area contributed by atoms with Gasteiger partial charge in [-0.15, -0.1) is 0 Å². The van der Waals surface area contributed by atoms with E-state index >= 15 is 0 Å². The molecule has 0 atom stereocenters. The molecule has 1 rings (SSSR count). The molecular weight excluding hydrogens is 150 g/mol. The first kappa shape index (κ1) is 6.78. The van der Waals surface area contributed by atoms with E-state index in [-0.39, 0.29) is 0 Å². The van der Waals surface area contributed by atoms with Gasteiger partial charge in [0.05, 0.1) is 0 Å². The van der Waals surface area contributed by atoms with E-state index in [0.29, 0.717) is 0 Å². The van der Waals surface area contributed by atoms with Gasteiger partial charge in [0, 0.05) is 0 Å². The summed E-state index contributed by atoms with van der Waals surface area (Å²) >= 11 is 0. The Morgan fingerprint density at radius 2 is 2.56 bits per heavy atom. The summed E-state index contributed by atoms with van der Waals surface area (Å²) < 4.78 is 0. The topological polar surface area (TPSA) is 37.3 Å². The summed E-state index contributed by atoms with van der Waals surface area (Å²) in [5.74, 6) is 1.87. The maximum absolute atomic E-state index is 10.3. The van der Waals surface area contributed by atoms with Crippen LogP contribution in [0.2, 0.25) is 0 Å². The van der Waals surface area contributed by atoms with E-state index in [4.69, 9.17) is 5.11 Å². The number of hydrogen-bond donors (Lipinski definition) is 1. The molecular formula is C4H4BO2PSi. The van der Waals surface area contributed by atoms with Crippen LogP contribution in [0.4, 0.5) is 4.79 Å². The van der Waals surface area contributed by atoms with Crippen molar-refractivity contribution in [2.24, 2.45) is 0 Å². The van der Waals surface area contributed by atoms with Crippen LogP contribution in [0.3, 0.4) is 0 Å². The van der Waals surface area contributed by atoms with Crippen molar-refractivity contribution in [3.63, 3.8) is 0 Å². The summed E-state index contributed by atoms with van der Waals surface area (Å²) in [7, 11) is -0.286. The number of carboxylic acid groups (broad SMARTS) is 1. The van der Waals surface area contributed by atoms with Crippen LogP contribution < -0.4 is 0 Å². The predicted octanol–water partition coefficient (Wildman–Crippen LogP) is 1.16. The minimum atomic E-state index is -1.24. The fourth-order valence-corrected chi connectivity index (χ4v) is 3.06. The summed E-state index contributed by atoms with van der Waals surface area (Å²) in [6, 6.07) is 1.80. The van der Waals surface area contributed by atoms with Crippen molar-refractivity contribution < 1.29 is 9.90 Å². The molecule has 44 valence electrons. The van der Waals surface area contributed by atoms with Crippen LogP contribution in [0.25, 0.3) is 0 Å². The molecule has 0 aromatic carbocycles. The molecule has 0 amide bonds. The molecule has 5 heteroatoms. The zero-order valence-corrected chi connectivity index (χ0v) is 6.51. The quantitative estimate of drug-likeness (QED) is 0.616. The standard InChI is InChI=1S/C4H4BO2PSi/c6-4(7)9-3-1-2-5-8-9/h1-3H,(H,6,7). The van der Waals surface area contributed by atoms with Gasteiger partial charge in [-0.05, 0) is 0 Å². The molecule has 0 spiro atoms. The molecule has 0 bridgehead atoms. The Bertz CT molecular complexity index is 215. The summed E-state index contributed by atoms with van der Waals surface area (Å²) in [5, 5.41) is 8.49. The first-order valence-electron chi connectivity index (χ1n) is 2.45. The van der Waals surface area contributed by atoms with E-state index in [1.807, 2.05) is 12.6 Å². The van der Waals surface area contributed by atoms with Gasteiger partial charge in [0.25, 0.3) is 0 Å². The minimum absolute atomic E-state index is 0.651. The number of carbonyl (C=O) groups is 1. The van der Waals surface area contributed by atoms with Crippen molar-refractivity contribution in [1.82, 2.24) is 0 Å². The van der Waals surface area contributed by atoms with Crippen LogP contribution in [0.5, 0.6) is 0 Å². The molecule has 1 heterocycles. The molecule has 0 aliphatic rings. The van der Waals surface area contributed by atoms with Gasteiger partial charge in [-0.1, -0.05) is 0 Å². The van der Waals surface area contributed by atoms with E-state index in [9.17, 15) is 4.79 Å². The van der Waals surface area contributed by atoms with E-state index in [1.165, 1.54) is 0 Å². The molecule has 1 aromatic rings. The Morgan fingerprint density at radius 1 is 1.78 bits per heavy atom. The Labute approximate surface area is 56.2 Å². The first-order chi connectivity index (χ1) is 4.30. The van der Waals surface area contributed by atoms with Gasteiger partial charge < -0.3 is 0 Å². The monoisotopic (exact) mass is 154 g/mol. The third-order valence-electron chi connectivity index (χ3n) is 0.884. The van der Waals surface area contributed by atoms with Crippen molar-refractivity contribution in [3.8, 4) is 0 Å². The second-order valence-corrected chi connectivity index (χ2v) is 5.83. The van der Waals surface area contributed by atoms with Crippen molar-refractivity contribution in [2.75, 3.05) is 0 Å². The van der Waals surface area contributed by atoms with Crippen molar-refractivity contribution in [2.45, 2.75) is 0 Å². The molecule has 1 N–H and O–H groups in total. The molecule has 2 nitrogen and oxygen atoms in total. The molecule has 0 fully saturated rings. The third-order valence-corrected chi connectivity index (χ3v) is 4.73. The van der Waals surface area contributed by atoms with E-state index in [1.54, 1.807) is 11.7 Å². The molecule has 0 aliphatic heterocycles. The molecule has 0 aliphatic carbocycles. The molecule has 0 saturated heterocycles. The fraction of sp³-hybridized carbons (Fsp3) is 0. The van der Waals surface area contributed by atoms with Crippen LogP contribution in [0, 0.1) is 0 Å². The zero-order valence-electron chi connectivity index (χ0n) is 4.61. The second kappa shape index (κ2) is 2.99. The summed E-state index contributed by atoms with van der Waals surface area (Å²) in [6.45, 7) is 1.88. The van der Waals surface area contributed by atoms with Gasteiger partial charge in [0.15, 0.2) is 0 Å². The van der Waals surface area contributed by atoms with Crippen LogP contribution in [-0.2, 0) is 0 Å². The number of rotatable bonds is 1. The normalized spacial score (nSPS) is 9.33. The summed E-state index contributed by atoms with van der Waals surface area (Å²) in [5.41, 5.74) is 1.14. The van der Waals surface area contributed by atoms with Gasteiger partial charge in [0.2, 0.25) is 0 Å². The molecule has 0 unspecified atom stereocenters. The Kier molecular flexibility index (Phi) is 2.25. The second-order valence-electron chi connectivity index (χ2n) is 1.52. The Morgan fingerprint density at radius 3 is 2.89 bits per heavy atom. The van der Waals surface area contributed by atoms with Gasteiger partial charge >= 0.3 is 55.5 Å². The molecule has 9 heavy (non-hydrogen) atoms. The average molecular weight is 154 g/mol. The Balaban J connectivity index is 2.98. The van der Waals surface area contributed by atoms with Crippen molar-refractivity contribution in [1.29, 1.82) is 0 Å².